The van der Waals surface area contributed by atoms with Crippen LogP contribution >= 0.6 is 11.6 Å². The number of pyridine rings is 1. The zero-order valence-corrected chi connectivity index (χ0v) is 16.4. The monoisotopic (exact) mass is 401 g/mol. The van der Waals surface area contributed by atoms with Crippen LogP contribution in [0, 0.1) is 0 Å². The number of carbonyl (C=O) groups is 1. The first-order valence-electron chi connectivity index (χ1n) is 9.64. The van der Waals surface area contributed by atoms with Crippen molar-refractivity contribution in [1.29, 1.82) is 0 Å². The maximum atomic E-state index is 12.6. The van der Waals surface area contributed by atoms with E-state index in [9.17, 15) is 9.90 Å². The van der Waals surface area contributed by atoms with Gasteiger partial charge in [0.15, 0.2) is 0 Å². The minimum atomic E-state index is -0.956. The van der Waals surface area contributed by atoms with Crippen molar-refractivity contribution in [2.75, 3.05) is 38.2 Å². The lowest BCUT2D eigenvalue weighted by molar-refractivity contribution is 0.0302. The quantitative estimate of drug-likeness (QED) is 0.824. The van der Waals surface area contributed by atoms with Crippen molar-refractivity contribution in [2.45, 2.75) is 24.9 Å². The third-order valence-corrected chi connectivity index (χ3v) is 5.78. The van der Waals surface area contributed by atoms with Crippen LogP contribution in [0.5, 0.6) is 0 Å². The normalized spacial score (nSPS) is 21.9. The predicted molar refractivity (Wildman–Crippen MR) is 108 cm³/mol. The average Bonchev–Trinajstić information content (AvgIpc) is 2.73. The molecule has 0 bridgehead atoms. The van der Waals surface area contributed by atoms with E-state index in [0.717, 1.165) is 18.4 Å². The summed E-state index contributed by atoms with van der Waals surface area (Å²) in [6.07, 6.45) is 4.13. The first kappa shape index (κ1) is 19.2. The van der Waals surface area contributed by atoms with Gasteiger partial charge in [-0.1, -0.05) is 35.9 Å². The minimum absolute atomic E-state index is 0.0934. The molecule has 1 aromatic carbocycles. The van der Waals surface area contributed by atoms with Crippen LogP contribution in [0.2, 0.25) is 5.02 Å². The lowest BCUT2D eigenvalue weighted by Gasteiger charge is -2.35. The maximum absolute atomic E-state index is 12.6. The summed E-state index contributed by atoms with van der Waals surface area (Å²) in [5.74, 6) is 0.376. The number of benzene rings is 1. The molecule has 2 N–H and O–H groups in total. The van der Waals surface area contributed by atoms with Gasteiger partial charge in [-0.05, 0) is 36.5 Å². The Labute approximate surface area is 169 Å². The minimum Gasteiger partial charge on any atom is -0.383 e. The van der Waals surface area contributed by atoms with E-state index >= 15 is 0 Å². The SMILES string of the molecule is O=C(c1cnc(NCC2(O)CCCc3ccccc32)c(Cl)c1)N1CCOCC1. The molecule has 1 aliphatic carbocycles. The van der Waals surface area contributed by atoms with Crippen molar-refractivity contribution in [3.05, 3.63) is 58.2 Å². The Balaban J connectivity index is 1.47. The molecule has 0 saturated carbocycles. The molecule has 6 nitrogen and oxygen atoms in total. The van der Waals surface area contributed by atoms with Crippen LogP contribution in [0.1, 0.15) is 34.3 Å². The highest BCUT2D eigenvalue weighted by molar-refractivity contribution is 6.33. The highest BCUT2D eigenvalue weighted by Gasteiger charge is 2.34. The molecule has 148 valence electrons. The van der Waals surface area contributed by atoms with Crippen molar-refractivity contribution in [1.82, 2.24) is 9.88 Å². The lowest BCUT2D eigenvalue weighted by atomic mass is 9.79. The van der Waals surface area contributed by atoms with Gasteiger partial charge >= 0.3 is 0 Å². The van der Waals surface area contributed by atoms with E-state index in [2.05, 4.69) is 16.4 Å². The second-order valence-electron chi connectivity index (χ2n) is 7.35. The Kier molecular flexibility index (Phi) is 5.53. The van der Waals surface area contributed by atoms with Gasteiger partial charge in [-0.25, -0.2) is 4.98 Å². The van der Waals surface area contributed by atoms with Crippen molar-refractivity contribution in [3.8, 4) is 0 Å². The number of ether oxygens (including phenoxy) is 1. The van der Waals surface area contributed by atoms with Crippen LogP contribution < -0.4 is 5.32 Å². The van der Waals surface area contributed by atoms with Crippen LogP contribution in [0.3, 0.4) is 0 Å². The molecule has 7 heteroatoms. The van der Waals surface area contributed by atoms with Gasteiger partial charge in [0.2, 0.25) is 0 Å². The van der Waals surface area contributed by atoms with Crippen LogP contribution in [0.25, 0.3) is 0 Å². The molecule has 2 aromatic rings. The molecule has 2 heterocycles. The summed E-state index contributed by atoms with van der Waals surface area (Å²) < 4.78 is 5.28. The number of aliphatic hydroxyl groups is 1. The molecular formula is C21H24ClN3O3. The van der Waals surface area contributed by atoms with Gasteiger partial charge in [0, 0.05) is 25.8 Å². The van der Waals surface area contributed by atoms with Crippen molar-refractivity contribution in [2.24, 2.45) is 0 Å². The van der Waals surface area contributed by atoms with Gasteiger partial charge in [-0.3, -0.25) is 4.79 Å². The largest absolute Gasteiger partial charge is 0.383 e. The number of hydrogen-bond acceptors (Lipinski definition) is 5. The van der Waals surface area contributed by atoms with E-state index in [-0.39, 0.29) is 5.91 Å². The number of hydrogen-bond donors (Lipinski definition) is 2. The van der Waals surface area contributed by atoms with Crippen molar-refractivity contribution >= 4 is 23.3 Å². The van der Waals surface area contributed by atoms with Gasteiger partial charge in [0.1, 0.15) is 11.4 Å². The fraction of sp³-hybridized carbons (Fsp3) is 0.429. The highest BCUT2D eigenvalue weighted by atomic mass is 35.5. The van der Waals surface area contributed by atoms with Crippen LogP contribution in [-0.2, 0) is 16.8 Å². The van der Waals surface area contributed by atoms with E-state index in [1.54, 1.807) is 11.0 Å². The smallest absolute Gasteiger partial charge is 0.255 e. The topological polar surface area (TPSA) is 74.7 Å². The number of carbonyl (C=O) groups excluding carboxylic acids is 1. The summed E-state index contributed by atoms with van der Waals surface area (Å²) >= 11 is 6.37. The molecule has 0 radical (unpaired) electrons. The first-order valence-corrected chi connectivity index (χ1v) is 10.0. The Bertz CT molecular complexity index is 870. The molecule has 1 unspecified atom stereocenters. The fourth-order valence-corrected chi connectivity index (χ4v) is 4.18. The standard InChI is InChI=1S/C21H24ClN3O3/c22-18-12-16(20(26)25-8-10-28-11-9-25)13-23-19(18)24-14-21(27)7-3-5-15-4-1-2-6-17(15)21/h1-2,4,6,12-13,27H,3,5,7-11,14H2,(H,23,24). The lowest BCUT2D eigenvalue weighted by Crippen LogP contribution is -2.40. The van der Waals surface area contributed by atoms with Crippen LogP contribution in [0.15, 0.2) is 36.5 Å². The third kappa shape index (κ3) is 3.85. The summed E-state index contributed by atoms with van der Waals surface area (Å²) in [5.41, 5.74) is 1.65. The Morgan fingerprint density at radius 1 is 1.32 bits per heavy atom. The van der Waals surface area contributed by atoms with E-state index in [1.807, 2.05) is 18.2 Å². The maximum Gasteiger partial charge on any atom is 0.255 e. The Morgan fingerprint density at radius 3 is 2.89 bits per heavy atom. The molecule has 1 aliphatic heterocycles. The number of aryl methyl sites for hydroxylation is 1. The predicted octanol–water partition coefficient (Wildman–Crippen LogP) is 2.84. The average molecular weight is 402 g/mol. The van der Waals surface area contributed by atoms with Crippen LogP contribution in [-0.4, -0.2) is 53.7 Å². The number of aromatic nitrogens is 1. The van der Waals surface area contributed by atoms with E-state index in [1.165, 1.54) is 11.8 Å². The zero-order chi connectivity index (χ0) is 19.6. The third-order valence-electron chi connectivity index (χ3n) is 5.49. The molecule has 1 atom stereocenters. The second kappa shape index (κ2) is 8.07. The summed E-state index contributed by atoms with van der Waals surface area (Å²) in [5, 5.41) is 14.7. The zero-order valence-electron chi connectivity index (χ0n) is 15.7. The molecule has 1 saturated heterocycles. The van der Waals surface area contributed by atoms with Crippen molar-refractivity contribution < 1.29 is 14.6 Å². The number of halogens is 1. The number of nitrogens with zero attached hydrogens (tertiary/aromatic N) is 2. The number of anilines is 1. The van der Waals surface area contributed by atoms with Gasteiger partial charge in [0.25, 0.3) is 5.91 Å². The number of fused-ring (bicyclic) bond motifs is 1. The molecule has 28 heavy (non-hydrogen) atoms. The summed E-state index contributed by atoms with van der Waals surface area (Å²) in [7, 11) is 0. The van der Waals surface area contributed by atoms with E-state index in [0.29, 0.717) is 55.7 Å². The highest BCUT2D eigenvalue weighted by Crippen LogP contribution is 2.35. The molecule has 1 amide bonds. The summed E-state index contributed by atoms with van der Waals surface area (Å²) in [6.45, 7) is 2.55. The number of amides is 1. The number of nitrogens with one attached hydrogen (secondary N) is 1. The molecule has 4 rings (SSSR count). The molecule has 1 fully saturated rings. The van der Waals surface area contributed by atoms with Gasteiger partial charge < -0.3 is 20.1 Å². The van der Waals surface area contributed by atoms with Gasteiger partial charge in [-0.2, -0.15) is 0 Å². The molecular weight excluding hydrogens is 378 g/mol. The Hall–Kier alpha value is -2.15. The van der Waals surface area contributed by atoms with E-state index < -0.39 is 5.60 Å². The van der Waals surface area contributed by atoms with Crippen LogP contribution in [0.4, 0.5) is 5.82 Å². The molecule has 0 spiro atoms. The fourth-order valence-electron chi connectivity index (χ4n) is 3.95. The Morgan fingerprint density at radius 2 is 2.11 bits per heavy atom. The first-order chi connectivity index (χ1) is 13.6. The summed E-state index contributed by atoms with van der Waals surface area (Å²) in [6, 6.07) is 9.63. The van der Waals surface area contributed by atoms with E-state index in [4.69, 9.17) is 16.3 Å². The molecule has 1 aromatic heterocycles. The molecule has 2 aliphatic rings. The van der Waals surface area contributed by atoms with Crippen molar-refractivity contribution in [3.63, 3.8) is 0 Å². The van der Waals surface area contributed by atoms with Gasteiger partial charge in [0.05, 0.1) is 23.8 Å². The summed E-state index contributed by atoms with van der Waals surface area (Å²) in [4.78, 5) is 18.6. The van der Waals surface area contributed by atoms with Gasteiger partial charge in [-0.15, -0.1) is 0 Å². The number of rotatable bonds is 4. The second-order valence-corrected chi connectivity index (χ2v) is 7.76. The number of morpholine rings is 1.